The van der Waals surface area contributed by atoms with Crippen LogP contribution < -0.4 is 10.1 Å². The molecular formula is C24H29NO2. The van der Waals surface area contributed by atoms with E-state index in [2.05, 4.69) is 64.2 Å². The Labute approximate surface area is 162 Å². The van der Waals surface area contributed by atoms with Crippen molar-refractivity contribution in [2.75, 3.05) is 12.4 Å². The smallest absolute Gasteiger partial charge is 0.256 e. The highest BCUT2D eigenvalue weighted by molar-refractivity contribution is 6.35. The van der Waals surface area contributed by atoms with Gasteiger partial charge >= 0.3 is 0 Å². The van der Waals surface area contributed by atoms with Crippen LogP contribution in [0.4, 0.5) is 5.69 Å². The van der Waals surface area contributed by atoms with Gasteiger partial charge in [0.05, 0.1) is 7.11 Å². The molecule has 2 aromatic carbocycles. The Balaban J connectivity index is 2.17. The zero-order chi connectivity index (χ0) is 19.7. The molecule has 1 aliphatic heterocycles. The van der Waals surface area contributed by atoms with E-state index >= 15 is 0 Å². The van der Waals surface area contributed by atoms with E-state index in [0.29, 0.717) is 11.8 Å². The largest absolute Gasteiger partial charge is 0.496 e. The predicted molar refractivity (Wildman–Crippen MR) is 113 cm³/mol. The minimum Gasteiger partial charge on any atom is -0.496 e. The van der Waals surface area contributed by atoms with Crippen LogP contribution in [0.1, 0.15) is 74.3 Å². The Morgan fingerprint density at radius 2 is 1.67 bits per heavy atom. The quantitative estimate of drug-likeness (QED) is 0.662. The molecule has 3 heteroatoms. The molecule has 3 rings (SSSR count). The summed E-state index contributed by atoms with van der Waals surface area (Å²) in [5.74, 6) is 1.61. The van der Waals surface area contributed by atoms with E-state index in [9.17, 15) is 4.79 Å². The van der Waals surface area contributed by atoms with E-state index in [1.165, 1.54) is 16.7 Å². The van der Waals surface area contributed by atoms with Gasteiger partial charge in [-0.05, 0) is 70.9 Å². The van der Waals surface area contributed by atoms with Crippen LogP contribution in [0, 0.1) is 0 Å². The number of fused-ring (bicyclic) bond motifs is 1. The Bertz CT molecular complexity index is 878. The molecule has 0 saturated carbocycles. The van der Waals surface area contributed by atoms with Crippen molar-refractivity contribution in [2.24, 2.45) is 0 Å². The van der Waals surface area contributed by atoms with E-state index in [-0.39, 0.29) is 5.91 Å². The molecule has 142 valence electrons. The first-order valence-electron chi connectivity index (χ1n) is 9.73. The highest BCUT2D eigenvalue weighted by Gasteiger charge is 2.25. The number of aryl methyl sites for hydroxylation is 1. The van der Waals surface area contributed by atoms with E-state index < -0.39 is 0 Å². The Morgan fingerprint density at radius 3 is 2.19 bits per heavy atom. The van der Waals surface area contributed by atoms with Crippen LogP contribution in [-0.2, 0) is 11.2 Å². The van der Waals surface area contributed by atoms with Crippen LogP contribution in [0.2, 0.25) is 0 Å². The summed E-state index contributed by atoms with van der Waals surface area (Å²) in [6.07, 6.45) is 2.96. The maximum Gasteiger partial charge on any atom is 0.256 e. The summed E-state index contributed by atoms with van der Waals surface area (Å²) in [5.41, 5.74) is 7.25. The first-order valence-corrected chi connectivity index (χ1v) is 9.73. The molecule has 0 fully saturated rings. The fourth-order valence-corrected chi connectivity index (χ4v) is 3.64. The number of hydrogen-bond donors (Lipinski definition) is 1. The third-order valence-electron chi connectivity index (χ3n) is 5.20. The summed E-state index contributed by atoms with van der Waals surface area (Å²) < 4.78 is 5.73. The van der Waals surface area contributed by atoms with Gasteiger partial charge < -0.3 is 10.1 Å². The summed E-state index contributed by atoms with van der Waals surface area (Å²) in [6, 6.07) is 10.5. The average molecular weight is 364 g/mol. The fraction of sp³-hybridized carbons (Fsp3) is 0.375. The second-order valence-electron chi connectivity index (χ2n) is 7.79. The minimum absolute atomic E-state index is 0.0359. The number of anilines is 1. The first-order chi connectivity index (χ1) is 12.8. The monoisotopic (exact) mass is 363 g/mol. The lowest BCUT2D eigenvalue weighted by Crippen LogP contribution is -2.04. The van der Waals surface area contributed by atoms with Crippen molar-refractivity contribution >= 4 is 23.2 Å². The van der Waals surface area contributed by atoms with Gasteiger partial charge in [0.1, 0.15) is 5.75 Å². The van der Waals surface area contributed by atoms with Crippen LogP contribution in [0.3, 0.4) is 0 Å². The zero-order valence-electron chi connectivity index (χ0n) is 17.1. The molecule has 0 spiro atoms. The van der Waals surface area contributed by atoms with Crippen LogP contribution in [-0.4, -0.2) is 13.0 Å². The molecule has 3 nitrogen and oxygen atoms in total. The number of nitrogens with one attached hydrogen (secondary N) is 1. The summed E-state index contributed by atoms with van der Waals surface area (Å²) in [4.78, 5) is 12.6. The molecule has 27 heavy (non-hydrogen) atoms. The molecule has 0 unspecified atom stereocenters. The number of carbonyl (C=O) groups is 1. The van der Waals surface area contributed by atoms with Crippen molar-refractivity contribution in [2.45, 2.75) is 52.9 Å². The second kappa shape index (κ2) is 7.59. The van der Waals surface area contributed by atoms with Gasteiger partial charge in [0.25, 0.3) is 5.91 Å². The van der Waals surface area contributed by atoms with Gasteiger partial charge in [-0.15, -0.1) is 0 Å². The van der Waals surface area contributed by atoms with Crippen molar-refractivity contribution in [3.8, 4) is 5.75 Å². The molecule has 0 aromatic heterocycles. The van der Waals surface area contributed by atoms with Gasteiger partial charge in [-0.1, -0.05) is 40.7 Å². The normalized spacial score (nSPS) is 14.8. The first kappa shape index (κ1) is 19.2. The molecule has 0 aliphatic carbocycles. The summed E-state index contributed by atoms with van der Waals surface area (Å²) in [6.45, 7) is 10.8. The second-order valence-corrected chi connectivity index (χ2v) is 7.79. The van der Waals surface area contributed by atoms with Gasteiger partial charge in [0, 0.05) is 16.8 Å². The molecular weight excluding hydrogens is 334 g/mol. The summed E-state index contributed by atoms with van der Waals surface area (Å²) in [7, 11) is 1.73. The predicted octanol–water partition coefficient (Wildman–Crippen LogP) is 6.00. The highest BCUT2D eigenvalue weighted by Crippen LogP contribution is 2.38. The van der Waals surface area contributed by atoms with Crippen molar-refractivity contribution in [3.63, 3.8) is 0 Å². The van der Waals surface area contributed by atoms with E-state index in [1.807, 2.05) is 12.1 Å². The topological polar surface area (TPSA) is 38.3 Å². The lowest BCUT2D eigenvalue weighted by atomic mass is 9.90. The van der Waals surface area contributed by atoms with Crippen LogP contribution in [0.15, 0.2) is 30.3 Å². The summed E-state index contributed by atoms with van der Waals surface area (Å²) in [5, 5.41) is 2.98. The molecule has 2 aromatic rings. The molecule has 0 bridgehead atoms. The van der Waals surface area contributed by atoms with Gasteiger partial charge in [-0.25, -0.2) is 0 Å². The maximum absolute atomic E-state index is 12.6. The SMILES string of the molecule is CCc1ccc2c(c1)C(=Cc1cc(C(C)C)c(OC)c(C(C)C)c1)C(=O)N2. The fourth-order valence-electron chi connectivity index (χ4n) is 3.64. The van der Waals surface area contributed by atoms with Crippen molar-refractivity contribution in [1.29, 1.82) is 0 Å². The Morgan fingerprint density at radius 1 is 1.04 bits per heavy atom. The summed E-state index contributed by atoms with van der Waals surface area (Å²) >= 11 is 0. The lowest BCUT2D eigenvalue weighted by molar-refractivity contribution is -0.110. The van der Waals surface area contributed by atoms with Gasteiger partial charge in [0.2, 0.25) is 0 Å². The van der Waals surface area contributed by atoms with Gasteiger partial charge in [-0.2, -0.15) is 0 Å². The van der Waals surface area contributed by atoms with Crippen LogP contribution >= 0.6 is 0 Å². The lowest BCUT2D eigenvalue weighted by Gasteiger charge is -2.19. The maximum atomic E-state index is 12.6. The number of amides is 1. The van der Waals surface area contributed by atoms with Gasteiger partial charge in [-0.3, -0.25) is 4.79 Å². The van der Waals surface area contributed by atoms with Gasteiger partial charge in [0.15, 0.2) is 0 Å². The van der Waals surface area contributed by atoms with Crippen molar-refractivity contribution in [3.05, 3.63) is 58.1 Å². The molecule has 0 saturated heterocycles. The molecule has 1 amide bonds. The van der Waals surface area contributed by atoms with Crippen LogP contribution in [0.25, 0.3) is 11.6 Å². The average Bonchev–Trinajstić information content (AvgIpc) is 2.95. The third kappa shape index (κ3) is 3.64. The number of benzene rings is 2. The molecule has 1 aliphatic rings. The molecule has 1 N–H and O–H groups in total. The number of rotatable bonds is 5. The van der Waals surface area contributed by atoms with E-state index in [4.69, 9.17) is 4.74 Å². The Hall–Kier alpha value is -2.55. The Kier molecular flexibility index (Phi) is 5.41. The number of hydrogen-bond acceptors (Lipinski definition) is 2. The van der Waals surface area contributed by atoms with E-state index in [0.717, 1.165) is 34.6 Å². The molecule has 0 atom stereocenters. The van der Waals surface area contributed by atoms with Crippen molar-refractivity contribution in [1.82, 2.24) is 0 Å². The third-order valence-corrected chi connectivity index (χ3v) is 5.20. The van der Waals surface area contributed by atoms with E-state index in [1.54, 1.807) is 7.11 Å². The highest BCUT2D eigenvalue weighted by atomic mass is 16.5. The minimum atomic E-state index is -0.0359. The zero-order valence-corrected chi connectivity index (χ0v) is 17.1. The number of carbonyl (C=O) groups excluding carboxylic acids is 1. The number of ether oxygens (including phenoxy) is 1. The van der Waals surface area contributed by atoms with Crippen LogP contribution in [0.5, 0.6) is 5.75 Å². The van der Waals surface area contributed by atoms with Crippen molar-refractivity contribution < 1.29 is 9.53 Å². The number of methoxy groups -OCH3 is 1. The molecule has 1 heterocycles. The standard InChI is InChI=1S/C24H29NO2/c1-7-16-8-9-22-20(10-16)21(24(26)25-22)13-17-11-18(14(2)3)23(27-6)19(12-17)15(4)5/h8-15H,7H2,1-6H3,(H,25,26). The molecule has 0 radical (unpaired) electrons.